The van der Waals surface area contributed by atoms with Crippen molar-refractivity contribution in [1.29, 1.82) is 0 Å². The van der Waals surface area contributed by atoms with Crippen LogP contribution < -0.4 is 0 Å². The molecule has 0 saturated carbocycles. The zero-order chi connectivity index (χ0) is 10.0. The molecule has 1 aromatic carbocycles. The minimum absolute atomic E-state index is 0.0273. The standard InChI is InChI=1S/C8H5ClF2O2/c9-3-4-1-5(8(12)13)7(11)2-6(4)10/h1-2H,3H2,(H,12,13). The molecule has 0 atom stereocenters. The lowest BCUT2D eigenvalue weighted by atomic mass is 10.1. The Hall–Kier alpha value is -1.16. The van der Waals surface area contributed by atoms with E-state index in [1.54, 1.807) is 0 Å². The number of carboxylic acid groups (broad SMARTS) is 1. The number of hydrogen-bond donors (Lipinski definition) is 1. The monoisotopic (exact) mass is 206 g/mol. The van der Waals surface area contributed by atoms with Gasteiger partial charge in [0.1, 0.15) is 11.6 Å². The van der Waals surface area contributed by atoms with E-state index in [0.29, 0.717) is 6.07 Å². The minimum Gasteiger partial charge on any atom is -0.478 e. The van der Waals surface area contributed by atoms with Gasteiger partial charge in [-0.2, -0.15) is 0 Å². The van der Waals surface area contributed by atoms with Crippen LogP contribution in [0.2, 0.25) is 0 Å². The number of carbonyl (C=O) groups is 1. The summed E-state index contributed by atoms with van der Waals surface area (Å²) in [6, 6.07) is 1.40. The lowest BCUT2D eigenvalue weighted by Gasteiger charge is -2.01. The minimum atomic E-state index is -1.44. The lowest BCUT2D eigenvalue weighted by Crippen LogP contribution is -2.03. The first-order chi connectivity index (χ1) is 6.06. The maximum absolute atomic E-state index is 12.8. The summed E-state index contributed by atoms with van der Waals surface area (Å²) < 4.78 is 25.5. The molecule has 0 aliphatic carbocycles. The van der Waals surface area contributed by atoms with Gasteiger partial charge in [0.2, 0.25) is 0 Å². The highest BCUT2D eigenvalue weighted by Gasteiger charge is 2.14. The molecule has 70 valence electrons. The first-order valence-corrected chi connectivity index (χ1v) is 3.87. The molecule has 0 aliphatic heterocycles. The zero-order valence-corrected chi connectivity index (χ0v) is 7.11. The number of aromatic carboxylic acids is 1. The maximum atomic E-state index is 12.8. The van der Waals surface area contributed by atoms with Crippen molar-refractivity contribution in [2.45, 2.75) is 5.88 Å². The van der Waals surface area contributed by atoms with Crippen molar-refractivity contribution < 1.29 is 18.7 Å². The summed E-state index contributed by atoms with van der Waals surface area (Å²) in [7, 11) is 0. The Bertz CT molecular complexity index is 352. The Morgan fingerprint density at radius 3 is 2.46 bits per heavy atom. The second-order valence-corrected chi connectivity index (χ2v) is 2.63. The molecule has 0 radical (unpaired) electrons. The molecule has 0 saturated heterocycles. The van der Waals surface area contributed by atoms with Gasteiger partial charge in [-0.25, -0.2) is 13.6 Å². The van der Waals surface area contributed by atoms with Crippen molar-refractivity contribution in [2.75, 3.05) is 0 Å². The van der Waals surface area contributed by atoms with Crippen LogP contribution >= 0.6 is 11.6 Å². The van der Waals surface area contributed by atoms with Gasteiger partial charge >= 0.3 is 5.97 Å². The predicted molar refractivity (Wildman–Crippen MR) is 42.9 cm³/mol. The van der Waals surface area contributed by atoms with E-state index in [1.807, 2.05) is 0 Å². The molecular formula is C8H5ClF2O2. The number of alkyl halides is 1. The molecule has 0 unspecified atom stereocenters. The Balaban J connectivity index is 3.30. The summed E-state index contributed by atoms with van der Waals surface area (Å²) in [4.78, 5) is 10.4. The van der Waals surface area contributed by atoms with Gasteiger partial charge in [0.25, 0.3) is 0 Å². The first-order valence-electron chi connectivity index (χ1n) is 3.33. The summed E-state index contributed by atoms with van der Waals surface area (Å²) in [6.45, 7) is 0. The molecule has 1 rings (SSSR count). The maximum Gasteiger partial charge on any atom is 0.338 e. The molecular weight excluding hydrogens is 202 g/mol. The quantitative estimate of drug-likeness (QED) is 0.755. The van der Waals surface area contributed by atoms with Crippen molar-refractivity contribution in [2.24, 2.45) is 0 Å². The summed E-state index contributed by atoms with van der Waals surface area (Å²) in [6.07, 6.45) is 0. The van der Waals surface area contributed by atoms with Gasteiger partial charge < -0.3 is 5.11 Å². The number of rotatable bonds is 2. The Morgan fingerprint density at radius 1 is 1.38 bits per heavy atom. The molecule has 0 heterocycles. The topological polar surface area (TPSA) is 37.3 Å². The van der Waals surface area contributed by atoms with E-state index in [4.69, 9.17) is 16.7 Å². The van der Waals surface area contributed by atoms with Crippen molar-refractivity contribution in [1.82, 2.24) is 0 Å². The summed E-state index contributed by atoms with van der Waals surface area (Å²) in [5, 5.41) is 8.47. The van der Waals surface area contributed by atoms with Crippen LogP contribution in [0.4, 0.5) is 8.78 Å². The van der Waals surface area contributed by atoms with Gasteiger partial charge in [-0.05, 0) is 6.07 Å². The fraction of sp³-hybridized carbons (Fsp3) is 0.125. The molecule has 0 aromatic heterocycles. The molecule has 2 nitrogen and oxygen atoms in total. The molecule has 0 spiro atoms. The summed E-state index contributed by atoms with van der Waals surface area (Å²) in [5.41, 5.74) is -0.600. The smallest absolute Gasteiger partial charge is 0.338 e. The van der Waals surface area contributed by atoms with E-state index in [1.165, 1.54) is 0 Å². The number of halogens is 3. The molecule has 13 heavy (non-hydrogen) atoms. The van der Waals surface area contributed by atoms with E-state index in [0.717, 1.165) is 6.07 Å². The van der Waals surface area contributed by atoms with Crippen molar-refractivity contribution >= 4 is 17.6 Å². The van der Waals surface area contributed by atoms with Crippen LogP contribution in [0.5, 0.6) is 0 Å². The Labute approximate surface area is 77.8 Å². The SMILES string of the molecule is O=C(O)c1cc(CCl)c(F)cc1F. The third-order valence-corrected chi connectivity index (χ3v) is 1.80. The molecule has 5 heteroatoms. The van der Waals surface area contributed by atoms with E-state index >= 15 is 0 Å². The van der Waals surface area contributed by atoms with E-state index in [9.17, 15) is 13.6 Å². The molecule has 1 N–H and O–H groups in total. The summed E-state index contributed by atoms with van der Waals surface area (Å²) >= 11 is 5.31. The number of carboxylic acids is 1. The fourth-order valence-corrected chi connectivity index (χ4v) is 1.06. The normalized spacial score (nSPS) is 10.1. The zero-order valence-electron chi connectivity index (χ0n) is 6.35. The van der Waals surface area contributed by atoms with Crippen LogP contribution in [0.25, 0.3) is 0 Å². The van der Waals surface area contributed by atoms with E-state index in [2.05, 4.69) is 0 Å². The summed E-state index contributed by atoms with van der Waals surface area (Å²) in [5.74, 6) is -3.56. The fourth-order valence-electron chi connectivity index (χ4n) is 0.860. The third kappa shape index (κ3) is 1.95. The van der Waals surface area contributed by atoms with Gasteiger partial charge in [-0.3, -0.25) is 0 Å². The van der Waals surface area contributed by atoms with Gasteiger partial charge in [-0.15, -0.1) is 11.6 Å². The van der Waals surface area contributed by atoms with Crippen molar-refractivity contribution in [3.63, 3.8) is 0 Å². The molecule has 0 fully saturated rings. The van der Waals surface area contributed by atoms with Crippen LogP contribution in [-0.4, -0.2) is 11.1 Å². The van der Waals surface area contributed by atoms with Crippen LogP contribution in [0.3, 0.4) is 0 Å². The average molecular weight is 207 g/mol. The molecule has 1 aromatic rings. The second-order valence-electron chi connectivity index (χ2n) is 2.36. The third-order valence-electron chi connectivity index (χ3n) is 1.51. The molecule has 0 aliphatic rings. The highest BCUT2D eigenvalue weighted by molar-refractivity contribution is 6.17. The average Bonchev–Trinajstić information content (AvgIpc) is 2.03. The van der Waals surface area contributed by atoms with Crippen LogP contribution in [0.1, 0.15) is 15.9 Å². The highest BCUT2D eigenvalue weighted by Crippen LogP contribution is 2.16. The van der Waals surface area contributed by atoms with Gasteiger partial charge in [0.15, 0.2) is 0 Å². The van der Waals surface area contributed by atoms with Crippen molar-refractivity contribution in [3.8, 4) is 0 Å². The first kappa shape index (κ1) is 9.92. The highest BCUT2D eigenvalue weighted by atomic mass is 35.5. The molecule has 0 bridgehead atoms. The number of benzene rings is 1. The van der Waals surface area contributed by atoms with Gasteiger partial charge in [0.05, 0.1) is 11.4 Å². The molecule has 0 amide bonds. The largest absolute Gasteiger partial charge is 0.478 e. The second kappa shape index (κ2) is 3.70. The van der Waals surface area contributed by atoms with E-state index < -0.39 is 23.2 Å². The Morgan fingerprint density at radius 2 is 2.00 bits per heavy atom. The predicted octanol–water partition coefficient (Wildman–Crippen LogP) is 2.40. The van der Waals surface area contributed by atoms with Crippen LogP contribution in [-0.2, 0) is 5.88 Å². The number of hydrogen-bond acceptors (Lipinski definition) is 1. The van der Waals surface area contributed by atoms with E-state index in [-0.39, 0.29) is 11.4 Å². The lowest BCUT2D eigenvalue weighted by molar-refractivity contribution is 0.0691. The Kier molecular flexibility index (Phi) is 2.83. The van der Waals surface area contributed by atoms with Crippen LogP contribution in [0.15, 0.2) is 12.1 Å². The van der Waals surface area contributed by atoms with Crippen molar-refractivity contribution in [3.05, 3.63) is 34.9 Å². The van der Waals surface area contributed by atoms with Crippen LogP contribution in [0, 0.1) is 11.6 Å². The van der Waals surface area contributed by atoms with Gasteiger partial charge in [-0.1, -0.05) is 0 Å². The van der Waals surface area contributed by atoms with Gasteiger partial charge in [0, 0.05) is 11.6 Å².